The average molecular weight is 204 g/mol. The van der Waals surface area contributed by atoms with E-state index in [1.807, 2.05) is 11.4 Å². The van der Waals surface area contributed by atoms with Gasteiger partial charge in [-0.1, -0.05) is 20.8 Å². The number of hydrogen-bond donors (Lipinski definition) is 1. The third-order valence-corrected chi connectivity index (χ3v) is 2.54. The topological polar surface area (TPSA) is 56.2 Å². The molecule has 0 amide bonds. The first-order valence-corrected chi connectivity index (χ1v) is 5.00. The summed E-state index contributed by atoms with van der Waals surface area (Å²) in [4.78, 5) is 4.01. The van der Waals surface area contributed by atoms with Crippen LogP contribution in [0.2, 0.25) is 0 Å². The summed E-state index contributed by atoms with van der Waals surface area (Å²) in [7, 11) is 0. The van der Waals surface area contributed by atoms with Crippen molar-refractivity contribution in [2.45, 2.75) is 33.1 Å². The van der Waals surface area contributed by atoms with E-state index in [0.717, 1.165) is 16.8 Å². The number of anilines is 1. The van der Waals surface area contributed by atoms with Gasteiger partial charge >= 0.3 is 0 Å². The maximum Gasteiger partial charge on any atom is 0.151 e. The molecule has 2 aromatic rings. The molecule has 2 N–H and O–H groups in total. The molecule has 2 heterocycles. The zero-order valence-electron chi connectivity index (χ0n) is 9.57. The van der Waals surface area contributed by atoms with Gasteiger partial charge in [0.15, 0.2) is 5.82 Å². The van der Waals surface area contributed by atoms with Crippen molar-refractivity contribution in [2.24, 2.45) is 0 Å². The second-order valence-electron chi connectivity index (χ2n) is 4.87. The fourth-order valence-electron chi connectivity index (χ4n) is 1.79. The Morgan fingerprint density at radius 3 is 2.60 bits per heavy atom. The second-order valence-corrected chi connectivity index (χ2v) is 4.87. The van der Waals surface area contributed by atoms with Crippen LogP contribution in [0.1, 0.15) is 32.0 Å². The first-order chi connectivity index (χ1) is 6.91. The van der Waals surface area contributed by atoms with Crippen molar-refractivity contribution in [3.05, 3.63) is 23.7 Å². The summed E-state index contributed by atoms with van der Waals surface area (Å²) < 4.78 is 1.89. The largest absolute Gasteiger partial charge is 0.382 e. The molecule has 0 aromatic carbocycles. The minimum absolute atomic E-state index is 0.0535. The average Bonchev–Trinajstić information content (AvgIpc) is 2.44. The molecule has 15 heavy (non-hydrogen) atoms. The van der Waals surface area contributed by atoms with Crippen molar-refractivity contribution in [1.29, 1.82) is 0 Å². The molecule has 0 saturated heterocycles. The molecule has 80 valence electrons. The molecule has 2 aromatic heterocycles. The van der Waals surface area contributed by atoms with Crippen molar-refractivity contribution in [2.75, 3.05) is 5.73 Å². The zero-order chi connectivity index (χ0) is 11.2. The Morgan fingerprint density at radius 2 is 2.00 bits per heavy atom. The Hall–Kier alpha value is -1.58. The molecule has 0 unspecified atom stereocenters. The normalized spacial score (nSPS) is 12.3. The SMILES string of the molecule is Cc1cc(C(C)(C)C)n2ncnc(N)c12. The van der Waals surface area contributed by atoms with E-state index in [1.54, 1.807) is 0 Å². The van der Waals surface area contributed by atoms with E-state index < -0.39 is 0 Å². The summed E-state index contributed by atoms with van der Waals surface area (Å²) in [6, 6.07) is 2.13. The van der Waals surface area contributed by atoms with Crippen molar-refractivity contribution >= 4 is 11.3 Å². The van der Waals surface area contributed by atoms with Crippen LogP contribution in [0.4, 0.5) is 5.82 Å². The molecule has 0 atom stereocenters. The van der Waals surface area contributed by atoms with Gasteiger partial charge in [-0.05, 0) is 18.6 Å². The number of nitrogens with zero attached hydrogens (tertiary/aromatic N) is 3. The number of nitrogen functional groups attached to an aromatic ring is 1. The number of aryl methyl sites for hydroxylation is 1. The van der Waals surface area contributed by atoms with E-state index in [1.165, 1.54) is 6.33 Å². The number of fused-ring (bicyclic) bond motifs is 1. The first kappa shape index (κ1) is 9.96. The molecule has 0 aliphatic carbocycles. The smallest absolute Gasteiger partial charge is 0.151 e. The van der Waals surface area contributed by atoms with Crippen molar-refractivity contribution in [3.8, 4) is 0 Å². The Kier molecular flexibility index (Phi) is 1.96. The van der Waals surface area contributed by atoms with E-state index in [0.29, 0.717) is 5.82 Å². The zero-order valence-corrected chi connectivity index (χ0v) is 9.57. The molecule has 0 saturated carbocycles. The molecular formula is C11H16N4. The lowest BCUT2D eigenvalue weighted by Crippen LogP contribution is -2.15. The predicted octanol–water partition coefficient (Wildman–Crippen LogP) is 1.92. The van der Waals surface area contributed by atoms with Gasteiger partial charge in [0.05, 0.1) is 0 Å². The van der Waals surface area contributed by atoms with Crippen LogP contribution < -0.4 is 5.73 Å². The van der Waals surface area contributed by atoms with E-state index in [2.05, 4.69) is 36.9 Å². The maximum atomic E-state index is 5.84. The molecule has 2 rings (SSSR count). The van der Waals surface area contributed by atoms with Crippen LogP contribution in [-0.4, -0.2) is 14.6 Å². The van der Waals surface area contributed by atoms with Gasteiger partial charge in [-0.25, -0.2) is 9.50 Å². The lowest BCUT2D eigenvalue weighted by atomic mass is 9.92. The summed E-state index contributed by atoms with van der Waals surface area (Å²) in [6.07, 6.45) is 1.50. The Labute approximate surface area is 89.1 Å². The van der Waals surface area contributed by atoms with Crippen LogP contribution in [0.3, 0.4) is 0 Å². The molecule has 0 aliphatic heterocycles. The first-order valence-electron chi connectivity index (χ1n) is 5.00. The van der Waals surface area contributed by atoms with E-state index >= 15 is 0 Å². The van der Waals surface area contributed by atoms with Gasteiger partial charge in [-0.3, -0.25) is 0 Å². The van der Waals surface area contributed by atoms with E-state index in [4.69, 9.17) is 5.73 Å². The van der Waals surface area contributed by atoms with E-state index in [9.17, 15) is 0 Å². The molecule has 0 spiro atoms. The summed E-state index contributed by atoms with van der Waals surface area (Å²) in [6.45, 7) is 8.51. The summed E-state index contributed by atoms with van der Waals surface area (Å²) in [5.41, 5.74) is 9.09. The number of rotatable bonds is 0. The fourth-order valence-corrected chi connectivity index (χ4v) is 1.79. The number of nitrogens with two attached hydrogens (primary N) is 1. The minimum atomic E-state index is 0.0535. The molecule has 0 bridgehead atoms. The molecule has 4 nitrogen and oxygen atoms in total. The summed E-state index contributed by atoms with van der Waals surface area (Å²) in [5, 5.41) is 4.25. The molecule has 0 radical (unpaired) electrons. The minimum Gasteiger partial charge on any atom is -0.382 e. The van der Waals surface area contributed by atoms with Gasteiger partial charge in [0.25, 0.3) is 0 Å². The highest BCUT2D eigenvalue weighted by Gasteiger charge is 2.21. The monoisotopic (exact) mass is 204 g/mol. The predicted molar refractivity (Wildman–Crippen MR) is 60.8 cm³/mol. The Bertz CT molecular complexity index is 505. The van der Waals surface area contributed by atoms with Crippen LogP contribution in [0.25, 0.3) is 5.52 Å². The van der Waals surface area contributed by atoms with Gasteiger partial charge < -0.3 is 5.73 Å². The van der Waals surface area contributed by atoms with Crippen LogP contribution in [0.5, 0.6) is 0 Å². The van der Waals surface area contributed by atoms with Crippen molar-refractivity contribution in [1.82, 2.24) is 14.6 Å². The highest BCUT2D eigenvalue weighted by Crippen LogP contribution is 2.27. The Morgan fingerprint density at radius 1 is 1.33 bits per heavy atom. The van der Waals surface area contributed by atoms with Crippen LogP contribution >= 0.6 is 0 Å². The van der Waals surface area contributed by atoms with Crippen LogP contribution in [-0.2, 0) is 5.41 Å². The van der Waals surface area contributed by atoms with Gasteiger partial charge in [-0.2, -0.15) is 5.10 Å². The van der Waals surface area contributed by atoms with Gasteiger partial charge in [0, 0.05) is 11.1 Å². The molecule has 0 aliphatic rings. The number of hydrogen-bond acceptors (Lipinski definition) is 3. The van der Waals surface area contributed by atoms with Gasteiger partial charge in [0.2, 0.25) is 0 Å². The maximum absolute atomic E-state index is 5.84. The van der Waals surface area contributed by atoms with Crippen LogP contribution in [0.15, 0.2) is 12.4 Å². The van der Waals surface area contributed by atoms with Crippen molar-refractivity contribution in [3.63, 3.8) is 0 Å². The lowest BCUT2D eigenvalue weighted by Gasteiger charge is -2.17. The highest BCUT2D eigenvalue weighted by molar-refractivity contribution is 5.70. The van der Waals surface area contributed by atoms with E-state index in [-0.39, 0.29) is 5.41 Å². The quantitative estimate of drug-likeness (QED) is 0.713. The fraction of sp³-hybridized carbons (Fsp3) is 0.455. The van der Waals surface area contributed by atoms with Crippen LogP contribution in [0, 0.1) is 6.92 Å². The summed E-state index contributed by atoms with van der Waals surface area (Å²) >= 11 is 0. The van der Waals surface area contributed by atoms with Crippen molar-refractivity contribution < 1.29 is 0 Å². The highest BCUT2D eigenvalue weighted by atomic mass is 15.3. The van der Waals surface area contributed by atoms with Gasteiger partial charge in [0.1, 0.15) is 11.8 Å². The molecule has 4 heteroatoms. The molecular weight excluding hydrogens is 188 g/mol. The standard InChI is InChI=1S/C11H16N4/c1-7-5-8(11(2,3)4)15-9(7)10(12)13-6-14-15/h5-6H,1-4H3,(H2,12,13,14). The second kappa shape index (κ2) is 2.95. The van der Waals surface area contributed by atoms with Gasteiger partial charge in [-0.15, -0.1) is 0 Å². The lowest BCUT2D eigenvalue weighted by molar-refractivity contribution is 0.550. The molecule has 0 fully saturated rings. The third-order valence-electron chi connectivity index (χ3n) is 2.54. The third kappa shape index (κ3) is 1.46. The Balaban J connectivity index is 2.85. The number of aromatic nitrogens is 3. The summed E-state index contributed by atoms with van der Waals surface area (Å²) in [5.74, 6) is 0.540.